The number of benzene rings is 2. The van der Waals surface area contributed by atoms with Crippen LogP contribution >= 0.6 is 0 Å². The highest BCUT2D eigenvalue weighted by molar-refractivity contribution is 5.83. The number of fused-ring (bicyclic) bond motifs is 2. The van der Waals surface area contributed by atoms with Crippen LogP contribution in [0.5, 0.6) is 0 Å². The van der Waals surface area contributed by atoms with Crippen molar-refractivity contribution < 1.29 is 9.53 Å². The molecular weight excluding hydrogens is 306 g/mol. The van der Waals surface area contributed by atoms with Crippen molar-refractivity contribution >= 4 is 16.9 Å². The number of H-pyrrole nitrogens is 2. The van der Waals surface area contributed by atoms with Gasteiger partial charge in [0.05, 0.1) is 17.6 Å². The summed E-state index contributed by atoms with van der Waals surface area (Å²) < 4.78 is 5.66. The van der Waals surface area contributed by atoms with Gasteiger partial charge < -0.3 is 20.0 Å². The molecule has 0 unspecified atom stereocenters. The average molecular weight is 323 g/mol. The molecule has 4 rings (SSSR count). The summed E-state index contributed by atoms with van der Waals surface area (Å²) in [6, 6.07) is 13.4. The Morgan fingerprint density at radius 3 is 2.92 bits per heavy atom. The molecule has 6 heteroatoms. The van der Waals surface area contributed by atoms with Crippen LogP contribution in [0.25, 0.3) is 11.0 Å². The molecule has 2 aromatic carbocycles. The maximum Gasteiger partial charge on any atom is 0.323 e. The molecule has 3 aromatic rings. The fraction of sp³-hybridized carbons (Fsp3) is 0.222. The summed E-state index contributed by atoms with van der Waals surface area (Å²) in [5.41, 5.74) is 4.25. The molecular formula is C18H17N3O3. The molecule has 1 aromatic heterocycles. The van der Waals surface area contributed by atoms with Crippen molar-refractivity contribution in [3.63, 3.8) is 0 Å². The molecule has 0 spiro atoms. The van der Waals surface area contributed by atoms with Crippen molar-refractivity contribution in [3.8, 4) is 0 Å². The van der Waals surface area contributed by atoms with E-state index in [4.69, 9.17) is 4.74 Å². The summed E-state index contributed by atoms with van der Waals surface area (Å²) >= 11 is 0. The molecule has 1 aliphatic rings. The van der Waals surface area contributed by atoms with E-state index in [1.807, 2.05) is 42.5 Å². The largest absolute Gasteiger partial charge is 0.363 e. The quantitative estimate of drug-likeness (QED) is 0.687. The second-order valence-corrected chi connectivity index (χ2v) is 5.88. The second-order valence-electron chi connectivity index (χ2n) is 5.88. The topological polar surface area (TPSA) is 87.0 Å². The van der Waals surface area contributed by atoms with E-state index in [2.05, 4.69) is 15.3 Å². The monoisotopic (exact) mass is 323 g/mol. The van der Waals surface area contributed by atoms with Crippen molar-refractivity contribution in [2.24, 2.45) is 0 Å². The third kappa shape index (κ3) is 2.72. The molecule has 1 amide bonds. The van der Waals surface area contributed by atoms with Gasteiger partial charge in [0.25, 0.3) is 5.91 Å². The number of rotatable bonds is 3. The number of hydrogen-bond acceptors (Lipinski definition) is 3. The van der Waals surface area contributed by atoms with Crippen LogP contribution in [0.3, 0.4) is 0 Å². The van der Waals surface area contributed by atoms with E-state index >= 15 is 0 Å². The van der Waals surface area contributed by atoms with E-state index in [0.29, 0.717) is 13.2 Å². The van der Waals surface area contributed by atoms with Gasteiger partial charge >= 0.3 is 5.69 Å². The van der Waals surface area contributed by atoms with Gasteiger partial charge in [-0.1, -0.05) is 30.3 Å². The molecule has 1 atom stereocenters. The number of aromatic nitrogens is 2. The van der Waals surface area contributed by atoms with E-state index in [-0.39, 0.29) is 11.6 Å². The Balaban J connectivity index is 1.49. The fourth-order valence-corrected chi connectivity index (χ4v) is 3.08. The lowest BCUT2D eigenvalue weighted by molar-refractivity contribution is -0.134. The highest BCUT2D eigenvalue weighted by atomic mass is 16.5. The molecule has 0 saturated heterocycles. The summed E-state index contributed by atoms with van der Waals surface area (Å²) in [6.07, 6.45) is 0.267. The minimum Gasteiger partial charge on any atom is -0.363 e. The number of aromatic amines is 2. The van der Waals surface area contributed by atoms with Gasteiger partial charge in [0.2, 0.25) is 0 Å². The predicted octanol–water partition coefficient (Wildman–Crippen LogP) is 1.79. The Labute approximate surface area is 137 Å². The molecule has 24 heavy (non-hydrogen) atoms. The SMILES string of the molecule is O=C(NCc1ccc2[nH]c(=O)[nH]c2c1)[C@H]1OCCc2ccccc21. The molecule has 6 nitrogen and oxygen atoms in total. The van der Waals surface area contributed by atoms with Crippen LogP contribution in [0.15, 0.2) is 47.3 Å². The maximum atomic E-state index is 12.5. The number of nitrogens with one attached hydrogen (secondary N) is 3. The van der Waals surface area contributed by atoms with Gasteiger partial charge in [-0.05, 0) is 35.2 Å². The summed E-state index contributed by atoms with van der Waals surface area (Å²) in [6.45, 7) is 0.926. The van der Waals surface area contributed by atoms with Gasteiger partial charge in [-0.15, -0.1) is 0 Å². The first-order valence-electron chi connectivity index (χ1n) is 7.89. The van der Waals surface area contributed by atoms with E-state index in [1.165, 1.54) is 0 Å². The lowest BCUT2D eigenvalue weighted by Gasteiger charge is -2.25. The lowest BCUT2D eigenvalue weighted by atomic mass is 9.97. The van der Waals surface area contributed by atoms with Crippen LogP contribution in [-0.2, 0) is 22.5 Å². The van der Waals surface area contributed by atoms with Crippen LogP contribution in [-0.4, -0.2) is 22.5 Å². The van der Waals surface area contributed by atoms with Crippen LogP contribution in [0.2, 0.25) is 0 Å². The van der Waals surface area contributed by atoms with Gasteiger partial charge in [0, 0.05) is 6.54 Å². The number of carbonyl (C=O) groups excluding carboxylic acids is 1. The molecule has 2 heterocycles. The number of carbonyl (C=O) groups is 1. The maximum absolute atomic E-state index is 12.5. The molecule has 3 N–H and O–H groups in total. The Kier molecular flexibility index (Phi) is 3.66. The molecule has 0 saturated carbocycles. The number of amides is 1. The van der Waals surface area contributed by atoms with Crippen molar-refractivity contribution in [1.82, 2.24) is 15.3 Å². The molecule has 0 radical (unpaired) electrons. The smallest absolute Gasteiger partial charge is 0.323 e. The Bertz CT molecular complexity index is 957. The minimum atomic E-state index is -0.564. The first-order chi connectivity index (χ1) is 11.7. The highest BCUT2D eigenvalue weighted by Crippen LogP contribution is 2.27. The van der Waals surface area contributed by atoms with Crippen LogP contribution in [0, 0.1) is 0 Å². The van der Waals surface area contributed by atoms with E-state index in [1.54, 1.807) is 0 Å². The van der Waals surface area contributed by atoms with E-state index < -0.39 is 6.10 Å². The number of ether oxygens (including phenoxy) is 1. The van der Waals surface area contributed by atoms with Gasteiger partial charge in [0.15, 0.2) is 6.10 Å². The average Bonchev–Trinajstić information content (AvgIpc) is 2.98. The van der Waals surface area contributed by atoms with Crippen molar-refractivity contribution in [1.29, 1.82) is 0 Å². The highest BCUT2D eigenvalue weighted by Gasteiger charge is 2.26. The normalized spacial score (nSPS) is 16.8. The molecule has 0 fully saturated rings. The first-order valence-corrected chi connectivity index (χ1v) is 7.89. The Hall–Kier alpha value is -2.86. The van der Waals surface area contributed by atoms with Crippen molar-refractivity contribution in [2.75, 3.05) is 6.61 Å². The molecule has 0 aliphatic carbocycles. The molecule has 122 valence electrons. The zero-order chi connectivity index (χ0) is 16.5. The van der Waals surface area contributed by atoms with Gasteiger partial charge in [-0.2, -0.15) is 0 Å². The Morgan fingerprint density at radius 2 is 2.00 bits per heavy atom. The minimum absolute atomic E-state index is 0.148. The third-order valence-corrected chi connectivity index (χ3v) is 4.28. The summed E-state index contributed by atoms with van der Waals surface area (Å²) in [4.78, 5) is 29.2. The van der Waals surface area contributed by atoms with E-state index in [0.717, 1.165) is 34.1 Å². The first kappa shape index (κ1) is 14.7. The van der Waals surface area contributed by atoms with Gasteiger partial charge in [-0.3, -0.25) is 4.79 Å². The van der Waals surface area contributed by atoms with Gasteiger partial charge in [0.1, 0.15) is 0 Å². The lowest BCUT2D eigenvalue weighted by Crippen LogP contribution is -2.33. The zero-order valence-corrected chi connectivity index (χ0v) is 13.0. The van der Waals surface area contributed by atoms with Crippen molar-refractivity contribution in [2.45, 2.75) is 19.1 Å². The van der Waals surface area contributed by atoms with Crippen molar-refractivity contribution in [3.05, 3.63) is 69.6 Å². The third-order valence-electron chi connectivity index (χ3n) is 4.28. The second kappa shape index (κ2) is 5.98. The summed E-state index contributed by atoms with van der Waals surface area (Å²) in [5.74, 6) is -0.148. The number of hydrogen-bond donors (Lipinski definition) is 3. The Morgan fingerprint density at radius 1 is 1.17 bits per heavy atom. The van der Waals surface area contributed by atoms with Crippen LogP contribution in [0.4, 0.5) is 0 Å². The predicted molar refractivity (Wildman–Crippen MR) is 89.6 cm³/mol. The standard InChI is InChI=1S/C18H17N3O3/c22-17(16-13-4-2-1-3-12(13)7-8-24-16)19-10-11-5-6-14-15(9-11)21-18(23)20-14/h1-6,9,16H,7-8,10H2,(H,19,22)(H2,20,21,23)/t16-/m0/s1. The van der Waals surface area contributed by atoms with Crippen LogP contribution in [0.1, 0.15) is 22.8 Å². The molecule has 0 bridgehead atoms. The van der Waals surface area contributed by atoms with E-state index in [9.17, 15) is 9.59 Å². The zero-order valence-electron chi connectivity index (χ0n) is 13.0. The van der Waals surface area contributed by atoms with Gasteiger partial charge in [-0.25, -0.2) is 4.79 Å². The molecule has 1 aliphatic heterocycles. The summed E-state index contributed by atoms with van der Waals surface area (Å²) in [7, 11) is 0. The fourth-order valence-electron chi connectivity index (χ4n) is 3.08. The van der Waals surface area contributed by atoms with Crippen LogP contribution < -0.4 is 11.0 Å². The summed E-state index contributed by atoms with van der Waals surface area (Å²) in [5, 5.41) is 2.91. The number of imidazole rings is 1.